The van der Waals surface area contributed by atoms with Gasteiger partial charge in [-0.1, -0.05) is 20.8 Å². The summed E-state index contributed by atoms with van der Waals surface area (Å²) in [6.45, 7) is 10.5. The molecule has 5 nitrogen and oxygen atoms in total. The highest BCUT2D eigenvalue weighted by molar-refractivity contribution is 5.19. The third-order valence-corrected chi connectivity index (χ3v) is 3.48. The van der Waals surface area contributed by atoms with Crippen LogP contribution >= 0.6 is 0 Å². The van der Waals surface area contributed by atoms with Crippen LogP contribution in [-0.2, 0) is 13.0 Å². The summed E-state index contributed by atoms with van der Waals surface area (Å²) in [5.41, 5.74) is 1.18. The predicted octanol–water partition coefficient (Wildman–Crippen LogP) is 3.12. The van der Waals surface area contributed by atoms with E-state index in [-0.39, 0.29) is 6.04 Å². The minimum absolute atomic E-state index is 0.148. The minimum atomic E-state index is 0.148. The van der Waals surface area contributed by atoms with E-state index >= 15 is 0 Å². The summed E-state index contributed by atoms with van der Waals surface area (Å²) in [6.07, 6.45) is 5.28. The first kappa shape index (κ1) is 15.8. The molecule has 1 unspecified atom stereocenters. The molecule has 5 heteroatoms. The maximum Gasteiger partial charge on any atom is 0.138 e. The van der Waals surface area contributed by atoms with Crippen molar-refractivity contribution in [3.8, 4) is 0 Å². The van der Waals surface area contributed by atoms with Gasteiger partial charge in [-0.3, -0.25) is 0 Å². The van der Waals surface area contributed by atoms with Crippen LogP contribution in [0.25, 0.3) is 0 Å². The molecule has 0 aliphatic rings. The van der Waals surface area contributed by atoms with Crippen LogP contribution in [0.2, 0.25) is 0 Å². The van der Waals surface area contributed by atoms with E-state index in [0.717, 1.165) is 37.5 Å². The second kappa shape index (κ2) is 7.41. The third-order valence-electron chi connectivity index (χ3n) is 3.48. The lowest BCUT2D eigenvalue weighted by molar-refractivity contribution is 0.390. The Labute approximate surface area is 126 Å². The molecular formula is C16H26N4O. The number of nitrogens with zero attached hydrogens (tertiary/aromatic N) is 3. The second-order valence-corrected chi connectivity index (χ2v) is 5.93. The number of hydrogen-bond acceptors (Lipinski definition) is 4. The van der Waals surface area contributed by atoms with Crippen LogP contribution in [0.3, 0.4) is 0 Å². The lowest BCUT2D eigenvalue weighted by Gasteiger charge is -2.18. The SMILES string of the molecule is CCCNC(Cc1ncnn1CC(C)C)c1occc1C. The molecule has 2 heterocycles. The van der Waals surface area contributed by atoms with Gasteiger partial charge in [0.05, 0.1) is 12.3 Å². The van der Waals surface area contributed by atoms with E-state index in [0.29, 0.717) is 5.92 Å². The summed E-state index contributed by atoms with van der Waals surface area (Å²) in [5, 5.41) is 7.90. The summed E-state index contributed by atoms with van der Waals surface area (Å²) >= 11 is 0. The third kappa shape index (κ3) is 4.17. The van der Waals surface area contributed by atoms with Crippen molar-refractivity contribution in [2.45, 2.75) is 53.1 Å². The first-order chi connectivity index (χ1) is 10.1. The normalized spacial score (nSPS) is 13.0. The molecule has 2 rings (SSSR count). The molecule has 21 heavy (non-hydrogen) atoms. The minimum Gasteiger partial charge on any atom is -0.467 e. The van der Waals surface area contributed by atoms with Crippen molar-refractivity contribution in [3.63, 3.8) is 0 Å². The number of nitrogens with one attached hydrogen (secondary N) is 1. The van der Waals surface area contributed by atoms with E-state index in [2.05, 4.69) is 43.1 Å². The maximum atomic E-state index is 5.67. The quantitative estimate of drug-likeness (QED) is 0.811. The summed E-state index contributed by atoms with van der Waals surface area (Å²) < 4.78 is 7.68. The Balaban J connectivity index is 2.15. The molecule has 1 N–H and O–H groups in total. The molecule has 0 amide bonds. The van der Waals surface area contributed by atoms with Crippen LogP contribution in [0.4, 0.5) is 0 Å². The lowest BCUT2D eigenvalue weighted by atomic mass is 10.1. The van der Waals surface area contributed by atoms with Crippen molar-refractivity contribution < 1.29 is 4.42 Å². The summed E-state index contributed by atoms with van der Waals surface area (Å²) in [4.78, 5) is 4.43. The molecule has 0 bridgehead atoms. The number of furan rings is 1. The molecule has 0 saturated carbocycles. The monoisotopic (exact) mass is 290 g/mol. The fourth-order valence-electron chi connectivity index (χ4n) is 2.44. The first-order valence-electron chi connectivity index (χ1n) is 7.75. The van der Waals surface area contributed by atoms with Crippen LogP contribution in [-0.4, -0.2) is 21.3 Å². The molecule has 0 spiro atoms. The molecule has 0 aromatic carbocycles. The van der Waals surface area contributed by atoms with E-state index in [1.165, 1.54) is 5.56 Å². The highest BCUT2D eigenvalue weighted by Crippen LogP contribution is 2.22. The van der Waals surface area contributed by atoms with Gasteiger partial charge in [0.2, 0.25) is 0 Å². The smallest absolute Gasteiger partial charge is 0.138 e. The van der Waals surface area contributed by atoms with Gasteiger partial charge in [0, 0.05) is 13.0 Å². The van der Waals surface area contributed by atoms with Crippen LogP contribution in [0.5, 0.6) is 0 Å². The van der Waals surface area contributed by atoms with Gasteiger partial charge in [0.15, 0.2) is 0 Å². The number of hydrogen-bond donors (Lipinski definition) is 1. The van der Waals surface area contributed by atoms with Crippen molar-refractivity contribution in [1.82, 2.24) is 20.1 Å². The van der Waals surface area contributed by atoms with Gasteiger partial charge in [0.25, 0.3) is 0 Å². The standard InChI is InChI=1S/C16H26N4O/c1-5-7-17-14(16-13(4)6-8-21-16)9-15-18-11-19-20(15)10-12(2)3/h6,8,11-12,14,17H,5,7,9-10H2,1-4H3. The summed E-state index contributed by atoms with van der Waals surface area (Å²) in [5.74, 6) is 2.56. The molecule has 0 fully saturated rings. The molecule has 116 valence electrons. The van der Waals surface area contributed by atoms with E-state index < -0.39 is 0 Å². The van der Waals surface area contributed by atoms with Gasteiger partial charge in [-0.15, -0.1) is 0 Å². The van der Waals surface area contributed by atoms with Gasteiger partial charge in [-0.25, -0.2) is 9.67 Å². The highest BCUT2D eigenvalue weighted by atomic mass is 16.3. The predicted molar refractivity (Wildman–Crippen MR) is 83.0 cm³/mol. The Bertz CT molecular complexity index is 544. The average molecular weight is 290 g/mol. The molecule has 0 aliphatic heterocycles. The van der Waals surface area contributed by atoms with Crippen molar-refractivity contribution in [1.29, 1.82) is 0 Å². The zero-order chi connectivity index (χ0) is 15.2. The summed E-state index contributed by atoms with van der Waals surface area (Å²) in [6, 6.07) is 2.16. The van der Waals surface area contributed by atoms with E-state index in [9.17, 15) is 0 Å². The molecule has 0 radical (unpaired) electrons. The van der Waals surface area contributed by atoms with Crippen LogP contribution in [0.1, 0.15) is 50.4 Å². The number of aryl methyl sites for hydroxylation is 1. The van der Waals surface area contributed by atoms with Crippen LogP contribution < -0.4 is 5.32 Å². The van der Waals surface area contributed by atoms with Crippen LogP contribution in [0.15, 0.2) is 23.1 Å². The topological polar surface area (TPSA) is 55.9 Å². The molecule has 0 saturated heterocycles. The molecule has 1 atom stereocenters. The van der Waals surface area contributed by atoms with Crippen LogP contribution in [0, 0.1) is 12.8 Å². The number of rotatable bonds is 8. The van der Waals surface area contributed by atoms with Crippen molar-refractivity contribution in [3.05, 3.63) is 35.8 Å². The van der Waals surface area contributed by atoms with Crippen molar-refractivity contribution >= 4 is 0 Å². The zero-order valence-electron chi connectivity index (χ0n) is 13.5. The average Bonchev–Trinajstić information content (AvgIpc) is 3.03. The van der Waals surface area contributed by atoms with Crippen molar-refractivity contribution in [2.75, 3.05) is 6.54 Å². The molecule has 2 aromatic heterocycles. The Morgan fingerprint density at radius 3 is 2.81 bits per heavy atom. The fourth-order valence-corrected chi connectivity index (χ4v) is 2.44. The van der Waals surface area contributed by atoms with E-state index in [1.54, 1.807) is 12.6 Å². The van der Waals surface area contributed by atoms with Gasteiger partial charge < -0.3 is 9.73 Å². The van der Waals surface area contributed by atoms with Gasteiger partial charge >= 0.3 is 0 Å². The Morgan fingerprint density at radius 2 is 2.19 bits per heavy atom. The van der Waals surface area contributed by atoms with Gasteiger partial charge in [-0.2, -0.15) is 5.10 Å². The first-order valence-corrected chi connectivity index (χ1v) is 7.75. The van der Waals surface area contributed by atoms with E-state index in [4.69, 9.17) is 4.42 Å². The molecule has 2 aromatic rings. The Hall–Kier alpha value is -1.62. The van der Waals surface area contributed by atoms with Crippen molar-refractivity contribution in [2.24, 2.45) is 5.92 Å². The fraction of sp³-hybridized carbons (Fsp3) is 0.625. The summed E-state index contributed by atoms with van der Waals surface area (Å²) in [7, 11) is 0. The second-order valence-electron chi connectivity index (χ2n) is 5.93. The Kier molecular flexibility index (Phi) is 5.56. The zero-order valence-corrected chi connectivity index (χ0v) is 13.5. The Morgan fingerprint density at radius 1 is 1.38 bits per heavy atom. The molecular weight excluding hydrogens is 264 g/mol. The van der Waals surface area contributed by atoms with Gasteiger partial charge in [-0.05, 0) is 37.4 Å². The van der Waals surface area contributed by atoms with Gasteiger partial charge in [0.1, 0.15) is 17.9 Å². The molecule has 0 aliphatic carbocycles. The largest absolute Gasteiger partial charge is 0.467 e. The van der Waals surface area contributed by atoms with E-state index in [1.807, 2.05) is 10.7 Å². The maximum absolute atomic E-state index is 5.67. The number of aromatic nitrogens is 3. The highest BCUT2D eigenvalue weighted by Gasteiger charge is 2.20. The lowest BCUT2D eigenvalue weighted by Crippen LogP contribution is -2.26.